The lowest BCUT2D eigenvalue weighted by Gasteiger charge is -2.38. The Balaban J connectivity index is 1.28. The summed E-state index contributed by atoms with van der Waals surface area (Å²) in [6, 6.07) is 44.7. The monoisotopic (exact) mass is 664 g/mol. The van der Waals surface area contributed by atoms with Gasteiger partial charge in [-0.05, 0) is 99.5 Å². The van der Waals surface area contributed by atoms with Gasteiger partial charge in [-0.2, -0.15) is 0 Å². The first-order valence-corrected chi connectivity index (χ1v) is 17.6. The van der Waals surface area contributed by atoms with Crippen molar-refractivity contribution in [3.63, 3.8) is 0 Å². The fourth-order valence-corrected chi connectivity index (χ4v) is 9.80. The van der Waals surface area contributed by atoms with Gasteiger partial charge in [0.25, 0.3) is 13.4 Å². The Bertz CT molecular complexity index is 3110. The summed E-state index contributed by atoms with van der Waals surface area (Å²) >= 11 is 0. The maximum Gasteiger partial charge on any atom is 0.256 e. The number of nitrogens with zero attached hydrogens (tertiary/aromatic N) is 2. The molecule has 0 fully saturated rings. The van der Waals surface area contributed by atoms with E-state index in [1.165, 1.54) is 0 Å². The van der Waals surface area contributed by atoms with Crippen LogP contribution in [0, 0.1) is 0 Å². The van der Waals surface area contributed by atoms with Crippen molar-refractivity contribution < 1.29 is 9.47 Å². The maximum absolute atomic E-state index is 14.2. The first kappa shape index (κ1) is 27.0. The largest absolute Gasteiger partial charge is 0.458 e. The number of hydrogen-bond acceptors (Lipinski definition) is 4. The van der Waals surface area contributed by atoms with Crippen LogP contribution in [0.15, 0.2) is 143 Å². The van der Waals surface area contributed by atoms with Crippen molar-refractivity contribution in [1.29, 1.82) is 0 Å². The molecular weight excluding hydrogens is 642 g/mol. The molecule has 0 unspecified atom stereocenters. The third kappa shape index (κ3) is 3.04. The molecule has 238 valence electrons. The molecule has 7 aromatic carbocycles. The second-order valence-corrected chi connectivity index (χ2v) is 14.2. The fourth-order valence-electron chi connectivity index (χ4n) is 9.80. The number of benzene rings is 7. The van der Waals surface area contributed by atoms with Gasteiger partial charge in [0.1, 0.15) is 23.0 Å². The molecule has 0 spiro atoms. The molecule has 8 heteroatoms. The molecule has 4 aliphatic heterocycles. The highest BCUT2D eigenvalue weighted by Crippen LogP contribution is 2.37. The normalized spacial score (nSPS) is 13.8. The molecule has 2 aromatic heterocycles. The lowest BCUT2D eigenvalue weighted by molar-refractivity contribution is 0.487. The summed E-state index contributed by atoms with van der Waals surface area (Å²) in [6.07, 6.45) is 0. The summed E-state index contributed by atoms with van der Waals surface area (Å²) in [4.78, 5) is 28.5. The molecule has 0 amide bonds. The van der Waals surface area contributed by atoms with E-state index in [1.807, 2.05) is 97.1 Å². The molecule has 9 aromatic rings. The molecule has 13 rings (SSSR count). The molecule has 4 aliphatic rings. The van der Waals surface area contributed by atoms with Crippen molar-refractivity contribution >= 4 is 89.8 Å². The van der Waals surface area contributed by atoms with Crippen LogP contribution in [0.2, 0.25) is 0 Å². The first-order valence-electron chi connectivity index (χ1n) is 17.6. The van der Waals surface area contributed by atoms with Gasteiger partial charge < -0.3 is 18.6 Å². The van der Waals surface area contributed by atoms with Gasteiger partial charge in [0.2, 0.25) is 0 Å². The lowest BCUT2D eigenvalue weighted by Crippen LogP contribution is -2.63. The van der Waals surface area contributed by atoms with Crippen molar-refractivity contribution in [3.8, 4) is 34.4 Å². The molecule has 0 saturated carbocycles. The van der Waals surface area contributed by atoms with E-state index in [1.54, 1.807) is 0 Å². The van der Waals surface area contributed by atoms with E-state index in [0.29, 0.717) is 21.5 Å². The minimum Gasteiger partial charge on any atom is -0.458 e. The summed E-state index contributed by atoms with van der Waals surface area (Å²) in [5.41, 5.74) is 11.9. The molecule has 0 saturated heterocycles. The van der Waals surface area contributed by atoms with Gasteiger partial charge in [0, 0.05) is 32.9 Å². The summed E-state index contributed by atoms with van der Waals surface area (Å²) < 4.78 is 17.8. The Morgan fingerprint density at radius 1 is 0.404 bits per heavy atom. The highest BCUT2D eigenvalue weighted by molar-refractivity contribution is 7.02. The number of rotatable bonds is 0. The van der Waals surface area contributed by atoms with Crippen LogP contribution in [0.4, 0.5) is 0 Å². The molecule has 52 heavy (non-hydrogen) atoms. The number of fused-ring (bicyclic) bond motifs is 14. The highest BCUT2D eigenvalue weighted by Gasteiger charge is 2.45. The summed E-state index contributed by atoms with van der Waals surface area (Å²) in [7, 11) is 0. The van der Waals surface area contributed by atoms with Crippen LogP contribution < -0.4 is 53.1 Å². The van der Waals surface area contributed by atoms with Crippen LogP contribution in [0.5, 0.6) is 23.0 Å². The summed E-state index contributed by atoms with van der Waals surface area (Å²) in [5, 5.41) is 2.66. The molecule has 0 radical (unpaired) electrons. The number of ether oxygens (including phenoxy) is 2. The Hall–Kier alpha value is -6.79. The second-order valence-electron chi connectivity index (χ2n) is 14.2. The Kier molecular flexibility index (Phi) is 4.73. The van der Waals surface area contributed by atoms with Crippen molar-refractivity contribution in [2.45, 2.75) is 0 Å². The Morgan fingerprint density at radius 3 is 1.35 bits per heavy atom. The second kappa shape index (κ2) is 9.11. The standard InChI is InChI=1S/C44H22B2N2O4/c49-43-23-9-1-5-13-31(23)47-33-22-34-30(21-29(33)45-27-11-3-7-15-35(27)51-37-19-17-25(43)41(47)39(37)45)46-28-12-4-8-16-36(28)52-38-20-18-26-42(40(38)46)48(34)32-14-6-2-10-24(32)44(26)50/h1-22H. The minimum atomic E-state index is -0.179. The van der Waals surface area contributed by atoms with E-state index < -0.39 is 0 Å². The van der Waals surface area contributed by atoms with Crippen LogP contribution in [-0.4, -0.2) is 22.6 Å². The number of aromatic nitrogens is 2. The number of hydrogen-bond donors (Lipinski definition) is 0. The number of pyridine rings is 2. The molecule has 0 aliphatic carbocycles. The van der Waals surface area contributed by atoms with E-state index in [2.05, 4.69) is 45.5 Å². The van der Waals surface area contributed by atoms with Gasteiger partial charge in [-0.1, -0.05) is 66.7 Å². The Morgan fingerprint density at radius 2 is 0.846 bits per heavy atom. The van der Waals surface area contributed by atoms with Gasteiger partial charge in [-0.3, -0.25) is 9.59 Å². The third-order valence-electron chi connectivity index (χ3n) is 11.8. The van der Waals surface area contributed by atoms with E-state index in [9.17, 15) is 9.59 Å². The van der Waals surface area contributed by atoms with Crippen LogP contribution in [0.3, 0.4) is 0 Å². The van der Waals surface area contributed by atoms with Gasteiger partial charge in [0.05, 0.1) is 22.1 Å². The molecule has 6 heterocycles. The molecule has 6 nitrogen and oxygen atoms in total. The topological polar surface area (TPSA) is 62.5 Å². The zero-order chi connectivity index (χ0) is 34.0. The smallest absolute Gasteiger partial charge is 0.256 e. The first-order chi connectivity index (χ1) is 25.7. The van der Waals surface area contributed by atoms with E-state index >= 15 is 0 Å². The molecule has 0 bridgehead atoms. The third-order valence-corrected chi connectivity index (χ3v) is 11.8. The average Bonchev–Trinajstić information content (AvgIpc) is 3.19. The zero-order valence-corrected chi connectivity index (χ0v) is 27.4. The molecule has 0 atom stereocenters. The van der Waals surface area contributed by atoms with Crippen molar-refractivity contribution in [3.05, 3.63) is 154 Å². The van der Waals surface area contributed by atoms with E-state index in [-0.39, 0.29) is 24.3 Å². The van der Waals surface area contributed by atoms with Gasteiger partial charge in [0.15, 0.2) is 10.9 Å². The number of para-hydroxylation sites is 4. The van der Waals surface area contributed by atoms with Gasteiger partial charge in [-0.25, -0.2) is 0 Å². The van der Waals surface area contributed by atoms with E-state index in [0.717, 1.165) is 89.2 Å². The van der Waals surface area contributed by atoms with Crippen molar-refractivity contribution in [1.82, 2.24) is 9.13 Å². The maximum atomic E-state index is 14.2. The van der Waals surface area contributed by atoms with Gasteiger partial charge >= 0.3 is 0 Å². The van der Waals surface area contributed by atoms with Crippen molar-refractivity contribution in [2.24, 2.45) is 0 Å². The van der Waals surface area contributed by atoms with Crippen LogP contribution in [-0.2, 0) is 0 Å². The highest BCUT2D eigenvalue weighted by atomic mass is 16.5. The van der Waals surface area contributed by atoms with Gasteiger partial charge in [-0.15, -0.1) is 0 Å². The molecular formula is C44H22B2N2O4. The summed E-state index contributed by atoms with van der Waals surface area (Å²) in [5.74, 6) is 3.16. The average molecular weight is 664 g/mol. The Labute approximate surface area is 295 Å². The lowest BCUT2D eigenvalue weighted by atomic mass is 9.31. The SMILES string of the molecule is O=c1c2ccccc2n2c3c4c(ccc13)Oc1ccccc1B4c1cc3c(cc1-2)-n1c2ccccc2c(=O)c2ccc4c(c21)B3c1ccccc1O4. The fraction of sp³-hybridized carbons (Fsp3) is 0. The minimum absolute atomic E-state index is 0.0112. The van der Waals surface area contributed by atoms with Crippen molar-refractivity contribution in [2.75, 3.05) is 0 Å². The van der Waals surface area contributed by atoms with Crippen LogP contribution in [0.25, 0.3) is 55.0 Å². The predicted octanol–water partition coefficient (Wildman–Crippen LogP) is 4.47. The predicted molar refractivity (Wildman–Crippen MR) is 210 cm³/mol. The van der Waals surface area contributed by atoms with E-state index in [4.69, 9.17) is 9.47 Å². The zero-order valence-electron chi connectivity index (χ0n) is 27.4. The summed E-state index contributed by atoms with van der Waals surface area (Å²) in [6.45, 7) is -0.357. The quantitative estimate of drug-likeness (QED) is 0.178. The molecule has 0 N–H and O–H groups in total. The van der Waals surface area contributed by atoms with Crippen LogP contribution in [0.1, 0.15) is 0 Å². The van der Waals surface area contributed by atoms with Crippen LogP contribution >= 0.6 is 0 Å².